The van der Waals surface area contributed by atoms with Gasteiger partial charge < -0.3 is 11.1 Å². The second-order valence-corrected chi connectivity index (χ2v) is 3.04. The van der Waals surface area contributed by atoms with E-state index in [9.17, 15) is 0 Å². The summed E-state index contributed by atoms with van der Waals surface area (Å²) in [5.74, 6) is 0.0680. The fraction of sp³-hybridized carbons (Fsp3) is 0.800. The lowest BCUT2D eigenvalue weighted by Gasteiger charge is -1.98. The first kappa shape index (κ1) is 14.7. The molecule has 0 aliphatic heterocycles. The largest absolute Gasteiger partial charge is 0.394 e. The van der Waals surface area contributed by atoms with Gasteiger partial charge in [0.25, 0.3) is 0 Å². The van der Waals surface area contributed by atoms with Crippen LogP contribution in [0.15, 0.2) is 0 Å². The molecule has 0 atom stereocenters. The molecule has 0 spiro atoms. The second-order valence-electron chi connectivity index (χ2n) is 2.14. The van der Waals surface area contributed by atoms with E-state index in [-0.39, 0.29) is 5.96 Å². The van der Waals surface area contributed by atoms with E-state index < -0.39 is 10.4 Å². The van der Waals surface area contributed by atoms with Gasteiger partial charge in [0.1, 0.15) is 0 Å². The van der Waals surface area contributed by atoms with Gasteiger partial charge in [0.2, 0.25) is 0 Å². The minimum absolute atomic E-state index is 0.0680. The molecule has 0 heterocycles. The van der Waals surface area contributed by atoms with Gasteiger partial charge in [0.05, 0.1) is 0 Å². The van der Waals surface area contributed by atoms with Crippen LogP contribution in [0.1, 0.15) is 19.8 Å². The van der Waals surface area contributed by atoms with Crippen LogP contribution in [0.25, 0.3) is 0 Å². The number of hydrogen-bond donors (Lipinski definition) is 5. The smallest absolute Gasteiger partial charge is 0.370 e. The SMILES string of the molecule is CCCCNC(=N)N.O=S(=O)(O)O. The van der Waals surface area contributed by atoms with Gasteiger partial charge in [-0.15, -0.1) is 0 Å². The molecule has 0 saturated carbocycles. The number of guanidine groups is 1. The summed E-state index contributed by atoms with van der Waals surface area (Å²) in [6.45, 7) is 2.92. The van der Waals surface area contributed by atoms with E-state index in [1.165, 1.54) is 0 Å². The van der Waals surface area contributed by atoms with Crippen molar-refractivity contribution in [2.24, 2.45) is 5.73 Å². The van der Waals surface area contributed by atoms with Crippen LogP contribution in [0.4, 0.5) is 0 Å². The van der Waals surface area contributed by atoms with Crippen molar-refractivity contribution in [2.45, 2.75) is 19.8 Å². The van der Waals surface area contributed by atoms with Crippen LogP contribution in [-0.2, 0) is 10.4 Å². The molecule has 6 N–H and O–H groups in total. The van der Waals surface area contributed by atoms with E-state index in [0.717, 1.165) is 19.4 Å². The monoisotopic (exact) mass is 213 g/mol. The molecule has 0 aliphatic rings. The Morgan fingerprint density at radius 2 is 1.92 bits per heavy atom. The third kappa shape index (κ3) is 54.3. The van der Waals surface area contributed by atoms with Gasteiger partial charge in [0, 0.05) is 6.54 Å². The van der Waals surface area contributed by atoms with E-state index in [1.54, 1.807) is 0 Å². The maximum absolute atomic E-state index is 8.74. The fourth-order valence-corrected chi connectivity index (χ4v) is 0.400. The summed E-state index contributed by atoms with van der Waals surface area (Å²) in [5, 5.41) is 9.45. The number of hydrogen-bond acceptors (Lipinski definition) is 3. The van der Waals surface area contributed by atoms with Crippen molar-refractivity contribution in [3.05, 3.63) is 0 Å². The molecule has 0 unspecified atom stereocenters. The molecule has 0 radical (unpaired) electrons. The summed E-state index contributed by atoms with van der Waals surface area (Å²) in [6.07, 6.45) is 2.22. The van der Waals surface area contributed by atoms with Crippen LogP contribution >= 0.6 is 0 Å². The Balaban J connectivity index is 0. The van der Waals surface area contributed by atoms with Crippen molar-refractivity contribution >= 4 is 16.4 Å². The molecule has 0 bridgehead atoms. The van der Waals surface area contributed by atoms with Crippen molar-refractivity contribution in [3.8, 4) is 0 Å². The Bertz CT molecular complexity index is 218. The average Bonchev–Trinajstić information content (AvgIpc) is 1.83. The average molecular weight is 213 g/mol. The maximum Gasteiger partial charge on any atom is 0.394 e. The molecule has 0 aromatic heterocycles. The standard InChI is InChI=1S/C5H13N3.H2O4S/c1-2-3-4-8-5(6)7;1-5(2,3)4/h2-4H2,1H3,(H4,6,7,8);(H2,1,2,3,4). The molecule has 0 rings (SSSR count). The molecule has 0 saturated heterocycles. The lowest BCUT2D eigenvalue weighted by Crippen LogP contribution is -2.30. The second kappa shape index (κ2) is 7.77. The molecule has 13 heavy (non-hydrogen) atoms. The van der Waals surface area contributed by atoms with Crippen LogP contribution in [0.5, 0.6) is 0 Å². The minimum atomic E-state index is -4.67. The Hall–Kier alpha value is -0.860. The molecular formula is C5H15N3O4S. The molecule has 0 aliphatic carbocycles. The van der Waals surface area contributed by atoms with Crippen LogP contribution in [0, 0.1) is 5.41 Å². The van der Waals surface area contributed by atoms with E-state index in [2.05, 4.69) is 12.2 Å². The summed E-state index contributed by atoms with van der Waals surface area (Å²) in [5.41, 5.74) is 5.01. The van der Waals surface area contributed by atoms with Gasteiger partial charge in [0.15, 0.2) is 5.96 Å². The number of nitrogens with two attached hydrogens (primary N) is 1. The lowest BCUT2D eigenvalue weighted by atomic mass is 10.3. The molecular weight excluding hydrogens is 198 g/mol. The maximum atomic E-state index is 8.74. The molecule has 7 nitrogen and oxygen atoms in total. The highest BCUT2D eigenvalue weighted by atomic mass is 32.3. The van der Waals surface area contributed by atoms with Gasteiger partial charge >= 0.3 is 10.4 Å². The summed E-state index contributed by atoms with van der Waals surface area (Å²) in [7, 11) is -4.67. The van der Waals surface area contributed by atoms with E-state index in [0.29, 0.717) is 0 Å². The zero-order chi connectivity index (χ0) is 10.9. The van der Waals surface area contributed by atoms with E-state index in [4.69, 9.17) is 28.7 Å². The highest BCUT2D eigenvalue weighted by Crippen LogP contribution is 1.80. The predicted octanol–water partition coefficient (Wildman–Crippen LogP) is -0.383. The van der Waals surface area contributed by atoms with Gasteiger partial charge in [-0.1, -0.05) is 13.3 Å². The van der Waals surface area contributed by atoms with Crippen molar-refractivity contribution in [1.82, 2.24) is 5.32 Å². The fourth-order valence-electron chi connectivity index (χ4n) is 0.400. The van der Waals surface area contributed by atoms with Gasteiger partial charge in [-0.25, -0.2) is 0 Å². The first-order chi connectivity index (χ1) is 5.77. The first-order valence-corrected chi connectivity index (χ1v) is 4.94. The van der Waals surface area contributed by atoms with Crippen LogP contribution in [-0.4, -0.2) is 30.0 Å². The molecule has 0 fully saturated rings. The lowest BCUT2D eigenvalue weighted by molar-refractivity contribution is 0.381. The Morgan fingerprint density at radius 1 is 1.54 bits per heavy atom. The first-order valence-electron chi connectivity index (χ1n) is 3.55. The van der Waals surface area contributed by atoms with E-state index >= 15 is 0 Å². The summed E-state index contributed by atoms with van der Waals surface area (Å²) < 4.78 is 31.6. The van der Waals surface area contributed by atoms with Crippen molar-refractivity contribution in [2.75, 3.05) is 6.54 Å². The van der Waals surface area contributed by atoms with Crippen molar-refractivity contribution < 1.29 is 17.5 Å². The molecule has 0 amide bonds. The van der Waals surface area contributed by atoms with Crippen LogP contribution < -0.4 is 11.1 Å². The zero-order valence-electron chi connectivity index (χ0n) is 7.32. The van der Waals surface area contributed by atoms with Crippen molar-refractivity contribution in [1.29, 1.82) is 5.41 Å². The van der Waals surface area contributed by atoms with Crippen LogP contribution in [0.3, 0.4) is 0 Å². The molecule has 80 valence electrons. The van der Waals surface area contributed by atoms with E-state index in [1.807, 2.05) is 0 Å². The molecule has 8 heteroatoms. The van der Waals surface area contributed by atoms with Crippen LogP contribution in [0.2, 0.25) is 0 Å². The number of nitrogens with one attached hydrogen (secondary N) is 2. The molecule has 0 aromatic rings. The van der Waals surface area contributed by atoms with Gasteiger partial charge in [-0.2, -0.15) is 8.42 Å². The predicted molar refractivity (Wildman–Crippen MR) is 49.0 cm³/mol. The number of unbranched alkanes of at least 4 members (excludes halogenated alkanes) is 1. The summed E-state index contributed by atoms with van der Waals surface area (Å²) in [6, 6.07) is 0. The Labute approximate surface area is 77.4 Å². The Morgan fingerprint density at radius 3 is 2.15 bits per heavy atom. The minimum Gasteiger partial charge on any atom is -0.370 e. The third-order valence-corrected chi connectivity index (χ3v) is 0.846. The topological polar surface area (TPSA) is 136 Å². The molecule has 0 aromatic carbocycles. The highest BCUT2D eigenvalue weighted by Gasteiger charge is 1.84. The van der Waals surface area contributed by atoms with Gasteiger partial charge in [-0.3, -0.25) is 14.5 Å². The Kier molecular flexibility index (Phi) is 8.76. The normalized spacial score (nSPS) is 9.77. The number of rotatable bonds is 3. The summed E-state index contributed by atoms with van der Waals surface area (Å²) in [4.78, 5) is 0. The zero-order valence-corrected chi connectivity index (χ0v) is 8.13. The van der Waals surface area contributed by atoms with Crippen molar-refractivity contribution in [3.63, 3.8) is 0 Å². The third-order valence-electron chi connectivity index (χ3n) is 0.846. The van der Waals surface area contributed by atoms with Gasteiger partial charge in [-0.05, 0) is 6.42 Å². The summed E-state index contributed by atoms with van der Waals surface area (Å²) >= 11 is 0. The highest BCUT2D eigenvalue weighted by molar-refractivity contribution is 7.79. The quantitative estimate of drug-likeness (QED) is 0.187.